The second kappa shape index (κ2) is 7.43. The highest BCUT2D eigenvalue weighted by molar-refractivity contribution is 4.86. The molecule has 0 aliphatic heterocycles. The van der Waals surface area contributed by atoms with E-state index in [2.05, 4.69) is 29.0 Å². The summed E-state index contributed by atoms with van der Waals surface area (Å²) in [5.41, 5.74) is 0. The van der Waals surface area contributed by atoms with Gasteiger partial charge in [-0.25, -0.2) is 4.98 Å². The van der Waals surface area contributed by atoms with Crippen molar-refractivity contribution < 1.29 is 4.42 Å². The van der Waals surface area contributed by atoms with Crippen molar-refractivity contribution in [3.05, 3.63) is 18.4 Å². The van der Waals surface area contributed by atoms with E-state index in [9.17, 15) is 0 Å². The van der Waals surface area contributed by atoms with Crippen LogP contribution in [-0.4, -0.2) is 36.1 Å². The van der Waals surface area contributed by atoms with Crippen molar-refractivity contribution in [2.45, 2.75) is 26.8 Å². The minimum atomic E-state index is 0.776. The van der Waals surface area contributed by atoms with Gasteiger partial charge in [0.1, 0.15) is 5.76 Å². The van der Waals surface area contributed by atoms with Gasteiger partial charge in [0, 0.05) is 0 Å². The van der Waals surface area contributed by atoms with Crippen molar-refractivity contribution in [2.75, 3.05) is 26.2 Å². The number of hydrogen-bond donors (Lipinski definition) is 1. The smallest absolute Gasteiger partial charge is 0.180 e. The van der Waals surface area contributed by atoms with Crippen LogP contribution < -0.4 is 5.32 Å². The Balaban J connectivity index is 1.97. The number of nitrogens with one attached hydrogen (secondary N) is 1. The maximum Gasteiger partial charge on any atom is 0.180 e. The van der Waals surface area contributed by atoms with Gasteiger partial charge in [0.15, 0.2) is 6.39 Å². The summed E-state index contributed by atoms with van der Waals surface area (Å²) in [5, 5.41) is 3.33. The van der Waals surface area contributed by atoms with Crippen LogP contribution in [0.4, 0.5) is 0 Å². The lowest BCUT2D eigenvalue weighted by atomic mass is 10.3. The Hall–Kier alpha value is -0.870. The Morgan fingerprint density at radius 2 is 2.20 bits per heavy atom. The fourth-order valence-corrected chi connectivity index (χ4v) is 1.51. The normalized spacial score (nSPS) is 11.1. The van der Waals surface area contributed by atoms with Gasteiger partial charge >= 0.3 is 0 Å². The zero-order valence-electron chi connectivity index (χ0n) is 9.70. The second-order valence-electron chi connectivity index (χ2n) is 3.52. The van der Waals surface area contributed by atoms with Crippen molar-refractivity contribution in [3.63, 3.8) is 0 Å². The summed E-state index contributed by atoms with van der Waals surface area (Å²) in [6.07, 6.45) is 4.39. The molecule has 0 fully saturated rings. The van der Waals surface area contributed by atoms with Crippen molar-refractivity contribution in [1.29, 1.82) is 0 Å². The molecule has 1 aromatic heterocycles. The number of oxazole rings is 1. The lowest BCUT2D eigenvalue weighted by molar-refractivity contribution is 0.297. The average Bonchev–Trinajstić information content (AvgIpc) is 2.76. The van der Waals surface area contributed by atoms with Gasteiger partial charge in [-0.3, -0.25) is 0 Å². The Morgan fingerprint density at radius 3 is 2.80 bits per heavy atom. The average molecular weight is 211 g/mol. The largest absolute Gasteiger partial charge is 0.447 e. The summed E-state index contributed by atoms with van der Waals surface area (Å²) in [7, 11) is 0. The third kappa shape index (κ3) is 4.95. The molecule has 15 heavy (non-hydrogen) atoms. The van der Waals surface area contributed by atoms with Gasteiger partial charge in [0.25, 0.3) is 0 Å². The number of aromatic nitrogens is 1. The van der Waals surface area contributed by atoms with Crippen LogP contribution in [0.2, 0.25) is 0 Å². The lowest BCUT2D eigenvalue weighted by Crippen LogP contribution is -2.27. The minimum absolute atomic E-state index is 0.776. The maximum atomic E-state index is 5.12. The number of rotatable bonds is 8. The minimum Gasteiger partial charge on any atom is -0.447 e. The Kier molecular flexibility index (Phi) is 6.04. The third-order valence-corrected chi connectivity index (χ3v) is 2.51. The molecule has 1 N–H and O–H groups in total. The molecule has 1 aromatic rings. The molecule has 0 amide bonds. The van der Waals surface area contributed by atoms with E-state index in [0.29, 0.717) is 0 Å². The summed E-state index contributed by atoms with van der Waals surface area (Å²) in [6, 6.07) is 0. The molecule has 1 heterocycles. The van der Waals surface area contributed by atoms with Crippen molar-refractivity contribution >= 4 is 0 Å². The molecule has 0 aliphatic rings. The third-order valence-electron chi connectivity index (χ3n) is 2.51. The molecular weight excluding hydrogens is 190 g/mol. The molecule has 0 aromatic carbocycles. The van der Waals surface area contributed by atoms with E-state index < -0.39 is 0 Å². The summed E-state index contributed by atoms with van der Waals surface area (Å²) in [6.45, 7) is 9.64. The quantitative estimate of drug-likeness (QED) is 0.662. The first-order valence-corrected chi connectivity index (χ1v) is 5.67. The van der Waals surface area contributed by atoms with Gasteiger partial charge in [0.05, 0.1) is 12.7 Å². The zero-order chi connectivity index (χ0) is 10.9. The second-order valence-corrected chi connectivity index (χ2v) is 3.52. The first-order valence-electron chi connectivity index (χ1n) is 5.67. The van der Waals surface area contributed by atoms with E-state index in [1.165, 1.54) is 12.8 Å². The highest BCUT2D eigenvalue weighted by Crippen LogP contribution is 1.95. The van der Waals surface area contributed by atoms with Crippen LogP contribution >= 0.6 is 0 Å². The predicted octanol–water partition coefficient (Wildman–Crippen LogP) is 1.50. The first kappa shape index (κ1) is 12.2. The standard InChI is InChI=1S/C11H21N3O/c1-3-14(4-2)7-5-6-12-8-11-9-13-10-15-11/h9-10,12H,3-8H2,1-2H3. The van der Waals surface area contributed by atoms with Gasteiger partial charge in [-0.1, -0.05) is 13.8 Å². The molecule has 0 saturated heterocycles. The molecule has 0 aliphatic carbocycles. The van der Waals surface area contributed by atoms with E-state index in [4.69, 9.17) is 4.42 Å². The zero-order valence-corrected chi connectivity index (χ0v) is 9.70. The van der Waals surface area contributed by atoms with Gasteiger partial charge in [0.2, 0.25) is 0 Å². The Morgan fingerprint density at radius 1 is 1.40 bits per heavy atom. The number of nitrogens with zero attached hydrogens (tertiary/aromatic N) is 2. The van der Waals surface area contributed by atoms with Crippen molar-refractivity contribution in [3.8, 4) is 0 Å². The van der Waals surface area contributed by atoms with Crippen LogP contribution in [0.1, 0.15) is 26.0 Å². The summed E-state index contributed by atoms with van der Waals surface area (Å²) < 4.78 is 5.12. The summed E-state index contributed by atoms with van der Waals surface area (Å²) >= 11 is 0. The molecule has 0 atom stereocenters. The summed E-state index contributed by atoms with van der Waals surface area (Å²) in [5.74, 6) is 0.901. The van der Waals surface area contributed by atoms with Crippen LogP contribution in [0.5, 0.6) is 0 Å². The topological polar surface area (TPSA) is 41.3 Å². The Labute approximate surface area is 91.7 Å². The van der Waals surface area contributed by atoms with Gasteiger partial charge in [-0.15, -0.1) is 0 Å². The monoisotopic (exact) mass is 211 g/mol. The fourth-order valence-electron chi connectivity index (χ4n) is 1.51. The van der Waals surface area contributed by atoms with Crippen LogP contribution in [0, 0.1) is 0 Å². The van der Waals surface area contributed by atoms with E-state index >= 15 is 0 Å². The van der Waals surface area contributed by atoms with Crippen LogP contribution in [-0.2, 0) is 6.54 Å². The van der Waals surface area contributed by atoms with Crippen molar-refractivity contribution in [1.82, 2.24) is 15.2 Å². The van der Waals surface area contributed by atoms with Crippen molar-refractivity contribution in [2.24, 2.45) is 0 Å². The van der Waals surface area contributed by atoms with Gasteiger partial charge in [-0.05, 0) is 32.6 Å². The first-order chi connectivity index (χ1) is 7.36. The summed E-state index contributed by atoms with van der Waals surface area (Å²) in [4.78, 5) is 6.29. The number of hydrogen-bond acceptors (Lipinski definition) is 4. The van der Waals surface area contributed by atoms with Gasteiger partial charge in [-0.2, -0.15) is 0 Å². The van der Waals surface area contributed by atoms with E-state index in [-0.39, 0.29) is 0 Å². The fraction of sp³-hybridized carbons (Fsp3) is 0.727. The molecule has 1 rings (SSSR count). The Bertz CT molecular complexity index is 232. The lowest BCUT2D eigenvalue weighted by Gasteiger charge is -2.17. The molecule has 86 valence electrons. The molecule has 0 unspecified atom stereocenters. The van der Waals surface area contributed by atoms with Crippen LogP contribution in [0.3, 0.4) is 0 Å². The highest BCUT2D eigenvalue weighted by atomic mass is 16.3. The molecule has 0 radical (unpaired) electrons. The van der Waals surface area contributed by atoms with Gasteiger partial charge < -0.3 is 14.6 Å². The van der Waals surface area contributed by atoms with E-state index in [1.54, 1.807) is 6.20 Å². The molecular formula is C11H21N3O. The van der Waals surface area contributed by atoms with E-state index in [0.717, 1.165) is 38.5 Å². The highest BCUT2D eigenvalue weighted by Gasteiger charge is 1.98. The molecule has 4 heteroatoms. The molecule has 0 saturated carbocycles. The van der Waals surface area contributed by atoms with Crippen LogP contribution in [0.15, 0.2) is 17.0 Å². The molecule has 4 nitrogen and oxygen atoms in total. The maximum absolute atomic E-state index is 5.12. The predicted molar refractivity (Wildman–Crippen MR) is 60.6 cm³/mol. The molecule has 0 spiro atoms. The SMILES string of the molecule is CCN(CC)CCCNCc1cnco1. The van der Waals surface area contributed by atoms with E-state index in [1.807, 2.05) is 0 Å². The van der Waals surface area contributed by atoms with Crippen LogP contribution in [0.25, 0.3) is 0 Å². The molecule has 0 bridgehead atoms.